The summed E-state index contributed by atoms with van der Waals surface area (Å²) in [4.78, 5) is 8.52. The molecule has 0 aliphatic carbocycles. The third-order valence-corrected chi connectivity index (χ3v) is 0.870. The minimum Gasteiger partial charge on any atom is -0.323 e. The number of nitro groups is 1. The van der Waals surface area contributed by atoms with E-state index in [0.717, 1.165) is 0 Å². The second-order valence-corrected chi connectivity index (χ2v) is 1.47. The number of hydrogen-bond acceptors (Lipinski definition) is 6. The maximum Gasteiger partial charge on any atom is 0.506 e. The van der Waals surface area contributed by atoms with Gasteiger partial charge in [-0.2, -0.15) is 9.89 Å². The van der Waals surface area contributed by atoms with Crippen LogP contribution in [0, 0.1) is 26.7 Å². The summed E-state index contributed by atoms with van der Waals surface area (Å²) in [5.41, 5.74) is -0.634. The van der Waals surface area contributed by atoms with E-state index in [0.29, 0.717) is 0 Å². The van der Waals surface area contributed by atoms with Crippen molar-refractivity contribution in [2.24, 2.45) is 0 Å². The zero-order chi connectivity index (χ0) is 8.43. The minimum absolute atomic E-state index is 0.432. The smallest absolute Gasteiger partial charge is 0.323 e. The number of nitriles is 1. The Bertz CT molecular complexity index is 336. The van der Waals surface area contributed by atoms with Gasteiger partial charge in [0, 0.05) is 4.92 Å². The second kappa shape index (κ2) is 2.22. The molecule has 56 valence electrons. The van der Waals surface area contributed by atoms with E-state index in [9.17, 15) is 15.3 Å². The molecule has 1 rings (SSSR count). The molecular formula is C3N4O4. The summed E-state index contributed by atoms with van der Waals surface area (Å²) in [5, 5.41) is 31.3. The highest BCUT2D eigenvalue weighted by molar-refractivity contribution is 5.30. The van der Waals surface area contributed by atoms with Crippen molar-refractivity contribution >= 4 is 5.82 Å². The number of nitrogens with zero attached hydrogens (tertiary/aromatic N) is 4. The van der Waals surface area contributed by atoms with Crippen LogP contribution in [0.2, 0.25) is 0 Å². The van der Waals surface area contributed by atoms with E-state index in [-0.39, 0.29) is 0 Å². The molecule has 0 spiro atoms. The third-order valence-electron chi connectivity index (χ3n) is 0.870. The van der Waals surface area contributed by atoms with Crippen LogP contribution < -0.4 is 4.90 Å². The highest BCUT2D eigenvalue weighted by atomic mass is 16.8. The Morgan fingerprint density at radius 1 is 1.82 bits per heavy atom. The summed E-state index contributed by atoms with van der Waals surface area (Å²) < 4.78 is 3.79. The largest absolute Gasteiger partial charge is 0.506 e. The maximum absolute atomic E-state index is 10.3. The van der Waals surface area contributed by atoms with Crippen LogP contribution in [0.3, 0.4) is 0 Å². The van der Waals surface area contributed by atoms with Crippen LogP contribution in [0.1, 0.15) is 5.69 Å². The molecule has 0 saturated heterocycles. The quantitative estimate of drug-likeness (QED) is 0.294. The van der Waals surface area contributed by atoms with Gasteiger partial charge in [-0.3, -0.25) is 0 Å². The van der Waals surface area contributed by atoms with Crippen LogP contribution in [0.25, 0.3) is 0 Å². The van der Waals surface area contributed by atoms with Crippen LogP contribution in [0.4, 0.5) is 5.82 Å². The summed E-state index contributed by atoms with van der Waals surface area (Å²) >= 11 is 0. The average molecular weight is 156 g/mol. The van der Waals surface area contributed by atoms with Crippen molar-refractivity contribution in [1.29, 1.82) is 5.26 Å². The van der Waals surface area contributed by atoms with E-state index in [4.69, 9.17) is 5.26 Å². The average Bonchev–Trinajstić information content (AvgIpc) is 2.30. The van der Waals surface area contributed by atoms with Crippen molar-refractivity contribution in [3.8, 4) is 6.07 Å². The van der Waals surface area contributed by atoms with Gasteiger partial charge < -0.3 is 15.3 Å². The van der Waals surface area contributed by atoms with Crippen LogP contribution in [-0.4, -0.2) is 10.1 Å². The molecule has 8 nitrogen and oxygen atoms in total. The van der Waals surface area contributed by atoms with E-state index in [1.54, 1.807) is 0 Å². The third kappa shape index (κ3) is 0.940. The highest BCUT2D eigenvalue weighted by Crippen LogP contribution is 2.07. The number of hydrogen-bond donors (Lipinski definition) is 0. The van der Waals surface area contributed by atoms with Crippen molar-refractivity contribution < 1.29 is 14.5 Å². The Morgan fingerprint density at radius 2 is 2.45 bits per heavy atom. The lowest BCUT2D eigenvalue weighted by Gasteiger charge is -1.83. The van der Waals surface area contributed by atoms with E-state index >= 15 is 0 Å². The molecule has 0 aromatic carbocycles. The predicted molar refractivity (Wildman–Crippen MR) is 26.8 cm³/mol. The van der Waals surface area contributed by atoms with Gasteiger partial charge in [-0.1, -0.05) is 0 Å². The number of aromatic nitrogens is 2. The van der Waals surface area contributed by atoms with Crippen LogP contribution in [0.5, 0.6) is 0 Å². The van der Waals surface area contributed by atoms with E-state index in [1.165, 1.54) is 6.07 Å². The van der Waals surface area contributed by atoms with Gasteiger partial charge in [0.05, 0.1) is 4.90 Å². The molecule has 11 heavy (non-hydrogen) atoms. The van der Waals surface area contributed by atoms with E-state index < -0.39 is 21.3 Å². The Labute approximate surface area is 58.9 Å². The molecule has 1 heterocycles. The standard InChI is InChI=1S/C3N4O4/c4-1-2-3(6(8)9)7(10)11-5-2. The molecule has 0 N–H and O–H groups in total. The molecule has 0 bridgehead atoms. The molecule has 8 heteroatoms. The first-order valence-electron chi connectivity index (χ1n) is 2.31. The fourth-order valence-electron chi connectivity index (χ4n) is 0.467. The van der Waals surface area contributed by atoms with E-state index in [2.05, 4.69) is 9.79 Å². The summed E-state index contributed by atoms with van der Waals surface area (Å²) in [7, 11) is 0. The Hall–Kier alpha value is -2.17. The monoisotopic (exact) mass is 156 g/mol. The number of rotatable bonds is 1. The molecule has 0 atom stereocenters. The van der Waals surface area contributed by atoms with Crippen molar-refractivity contribution in [2.75, 3.05) is 0 Å². The molecule has 1 aromatic rings. The fourth-order valence-corrected chi connectivity index (χ4v) is 0.467. The van der Waals surface area contributed by atoms with Gasteiger partial charge in [0.15, 0.2) is 6.07 Å². The first kappa shape index (κ1) is 6.94. The lowest BCUT2D eigenvalue weighted by molar-refractivity contribution is -0.825. The van der Waals surface area contributed by atoms with Gasteiger partial charge >= 0.3 is 11.5 Å². The summed E-state index contributed by atoms with van der Waals surface area (Å²) in [6.45, 7) is 0. The fraction of sp³-hybridized carbons (Fsp3) is 0. The first-order chi connectivity index (χ1) is 5.16. The molecule has 0 aliphatic heterocycles. The van der Waals surface area contributed by atoms with Crippen molar-refractivity contribution in [3.05, 3.63) is 21.0 Å². The highest BCUT2D eigenvalue weighted by Gasteiger charge is 2.30. The van der Waals surface area contributed by atoms with Crippen molar-refractivity contribution in [2.45, 2.75) is 0 Å². The Balaban J connectivity index is 3.32. The van der Waals surface area contributed by atoms with E-state index in [1.807, 2.05) is 0 Å². The molecule has 0 amide bonds. The van der Waals surface area contributed by atoms with Crippen LogP contribution in [-0.2, 0) is 0 Å². The topological polar surface area (TPSA) is 120 Å². The molecule has 0 aliphatic rings. The summed E-state index contributed by atoms with van der Waals surface area (Å²) in [6.07, 6.45) is 0. The maximum atomic E-state index is 10.3. The molecular weight excluding hydrogens is 156 g/mol. The molecule has 0 fully saturated rings. The molecule has 1 aromatic heterocycles. The van der Waals surface area contributed by atoms with Gasteiger partial charge in [-0.15, -0.1) is 0 Å². The van der Waals surface area contributed by atoms with Gasteiger partial charge in [-0.25, -0.2) is 0 Å². The lowest BCUT2D eigenvalue weighted by Crippen LogP contribution is -2.26. The van der Waals surface area contributed by atoms with Crippen LogP contribution in [0.15, 0.2) is 4.63 Å². The van der Waals surface area contributed by atoms with Gasteiger partial charge in [0.2, 0.25) is 0 Å². The normalized spacial score (nSPS) is 9.00. The molecule has 0 unspecified atom stereocenters. The molecule has 0 saturated carbocycles. The molecule has 0 radical (unpaired) electrons. The SMILES string of the molecule is N#Cc1no[n+]([O-])c1[N+](=O)[O-]. The second-order valence-electron chi connectivity index (χ2n) is 1.47. The van der Waals surface area contributed by atoms with Crippen molar-refractivity contribution in [3.63, 3.8) is 0 Å². The van der Waals surface area contributed by atoms with Gasteiger partial charge in [0.25, 0.3) is 0 Å². The van der Waals surface area contributed by atoms with Gasteiger partial charge in [0.1, 0.15) is 5.16 Å². The van der Waals surface area contributed by atoms with Crippen LogP contribution >= 0.6 is 0 Å². The summed E-state index contributed by atoms with van der Waals surface area (Å²) in [5.74, 6) is -0.993. The first-order valence-corrected chi connectivity index (χ1v) is 2.31. The predicted octanol–water partition coefficient (Wildman–Crippen LogP) is -0.912. The van der Waals surface area contributed by atoms with Crippen molar-refractivity contribution in [1.82, 2.24) is 5.16 Å². The zero-order valence-corrected chi connectivity index (χ0v) is 4.92. The minimum atomic E-state index is -1.04. The Kier molecular flexibility index (Phi) is 1.40. The summed E-state index contributed by atoms with van der Waals surface area (Å²) in [6, 6.07) is 1.33. The Morgan fingerprint density at radius 3 is 2.82 bits per heavy atom. The zero-order valence-electron chi connectivity index (χ0n) is 4.92. The van der Waals surface area contributed by atoms with Gasteiger partial charge in [-0.05, 0) is 0 Å². The lowest BCUT2D eigenvalue weighted by atomic mass is 10.5.